The summed E-state index contributed by atoms with van der Waals surface area (Å²) in [6.45, 7) is 4.47. The summed E-state index contributed by atoms with van der Waals surface area (Å²) in [6.07, 6.45) is 3.96. The zero-order valence-electron chi connectivity index (χ0n) is 13.5. The number of hydrogen-bond acceptors (Lipinski definition) is 4. The fourth-order valence-electron chi connectivity index (χ4n) is 3.91. The summed E-state index contributed by atoms with van der Waals surface area (Å²) >= 11 is 1.31. The second kappa shape index (κ2) is 6.26. The van der Waals surface area contributed by atoms with E-state index in [1.807, 2.05) is 6.07 Å². The van der Waals surface area contributed by atoms with Gasteiger partial charge >= 0.3 is 0 Å². The van der Waals surface area contributed by atoms with Crippen molar-refractivity contribution >= 4 is 17.2 Å². The predicted molar refractivity (Wildman–Crippen MR) is 92.5 cm³/mol. The number of fused-ring (bicyclic) bond motifs is 3. The number of rotatable bonds is 3. The van der Waals surface area contributed by atoms with Gasteiger partial charge in [-0.1, -0.05) is 12.1 Å². The van der Waals surface area contributed by atoms with Gasteiger partial charge in [-0.25, -0.2) is 9.37 Å². The van der Waals surface area contributed by atoms with Gasteiger partial charge in [-0.2, -0.15) is 0 Å². The molecule has 0 unspecified atom stereocenters. The molecule has 0 spiro atoms. The van der Waals surface area contributed by atoms with Crippen LogP contribution in [-0.4, -0.2) is 41.0 Å². The maximum Gasteiger partial charge on any atom is 0.280 e. The standard InChI is InChI=1S/C18H20FN3OS/c1-11-16(12-5-7-22(11)8-6-12)21-17(23)18-20-10-15(24-18)13-3-2-4-14(19)9-13/h2-4,9-12,16H,5-8H2,1H3,(H,21,23)/t11-,16-/m0/s1. The molecule has 1 N–H and O–H groups in total. The lowest BCUT2D eigenvalue weighted by Gasteiger charge is -2.49. The third-order valence-electron chi connectivity index (χ3n) is 5.28. The highest BCUT2D eigenvalue weighted by Crippen LogP contribution is 2.33. The Morgan fingerprint density at radius 1 is 1.38 bits per heavy atom. The number of hydrogen-bond donors (Lipinski definition) is 1. The van der Waals surface area contributed by atoms with Crippen LogP contribution in [0, 0.1) is 11.7 Å². The van der Waals surface area contributed by atoms with Gasteiger partial charge in [0.05, 0.1) is 4.88 Å². The summed E-state index contributed by atoms with van der Waals surface area (Å²) in [5, 5.41) is 3.63. The van der Waals surface area contributed by atoms with Gasteiger partial charge < -0.3 is 5.32 Å². The summed E-state index contributed by atoms with van der Waals surface area (Å²) in [6, 6.07) is 6.94. The lowest BCUT2D eigenvalue weighted by atomic mass is 9.79. The van der Waals surface area contributed by atoms with E-state index in [2.05, 4.69) is 22.1 Å². The average Bonchev–Trinajstić information content (AvgIpc) is 3.09. The molecule has 2 aromatic rings. The Labute approximate surface area is 144 Å². The number of nitrogens with one attached hydrogen (secondary N) is 1. The quantitative estimate of drug-likeness (QED) is 0.929. The van der Waals surface area contributed by atoms with Crippen LogP contribution in [0.1, 0.15) is 29.6 Å². The first-order valence-corrected chi connectivity index (χ1v) is 9.20. The zero-order valence-corrected chi connectivity index (χ0v) is 14.4. The largest absolute Gasteiger partial charge is 0.345 e. The Bertz CT molecular complexity index is 752. The van der Waals surface area contributed by atoms with Crippen molar-refractivity contribution in [1.29, 1.82) is 0 Å². The van der Waals surface area contributed by atoms with Crippen LogP contribution in [0.5, 0.6) is 0 Å². The lowest BCUT2D eigenvalue weighted by molar-refractivity contribution is 0.0217. The van der Waals surface area contributed by atoms with Crippen LogP contribution in [0.3, 0.4) is 0 Å². The highest BCUT2D eigenvalue weighted by atomic mass is 32.1. The van der Waals surface area contributed by atoms with Crippen molar-refractivity contribution in [2.45, 2.75) is 31.8 Å². The highest BCUT2D eigenvalue weighted by Gasteiger charge is 2.40. The molecule has 1 aromatic carbocycles. The number of carbonyl (C=O) groups is 1. The van der Waals surface area contributed by atoms with Crippen molar-refractivity contribution in [2.75, 3.05) is 13.1 Å². The van der Waals surface area contributed by atoms with Crippen molar-refractivity contribution in [1.82, 2.24) is 15.2 Å². The van der Waals surface area contributed by atoms with E-state index in [4.69, 9.17) is 0 Å². The normalized spacial score (nSPS) is 28.8. The molecular formula is C18H20FN3OS. The maximum absolute atomic E-state index is 13.4. The second-order valence-corrected chi connectivity index (χ2v) is 7.68. The van der Waals surface area contributed by atoms with Crippen molar-refractivity contribution in [2.24, 2.45) is 5.92 Å². The number of halogens is 1. The van der Waals surface area contributed by atoms with Crippen LogP contribution in [0.4, 0.5) is 4.39 Å². The van der Waals surface area contributed by atoms with Crippen LogP contribution < -0.4 is 5.32 Å². The van der Waals surface area contributed by atoms with Crippen LogP contribution in [0.15, 0.2) is 30.5 Å². The van der Waals surface area contributed by atoms with Gasteiger partial charge in [0.25, 0.3) is 5.91 Å². The van der Waals surface area contributed by atoms with Gasteiger partial charge in [-0.3, -0.25) is 9.69 Å². The molecule has 0 radical (unpaired) electrons. The van der Waals surface area contributed by atoms with E-state index in [0.29, 0.717) is 17.0 Å². The molecule has 3 saturated heterocycles. The van der Waals surface area contributed by atoms with Crippen molar-refractivity contribution in [3.8, 4) is 10.4 Å². The molecule has 1 aromatic heterocycles. The summed E-state index contributed by atoms with van der Waals surface area (Å²) in [5.74, 6) is 0.165. The first-order chi connectivity index (χ1) is 11.6. The number of nitrogens with zero attached hydrogens (tertiary/aromatic N) is 2. The zero-order chi connectivity index (χ0) is 16.7. The lowest BCUT2D eigenvalue weighted by Crippen LogP contribution is -2.62. The minimum atomic E-state index is -0.284. The minimum absolute atomic E-state index is 0.117. The molecule has 4 heterocycles. The van der Waals surface area contributed by atoms with Gasteiger partial charge in [0.2, 0.25) is 0 Å². The molecule has 126 valence electrons. The van der Waals surface area contributed by atoms with Gasteiger partial charge in [0, 0.05) is 18.3 Å². The molecule has 0 saturated carbocycles. The fraction of sp³-hybridized carbons (Fsp3) is 0.444. The van der Waals surface area contributed by atoms with E-state index >= 15 is 0 Å². The molecule has 0 aliphatic carbocycles. The molecular weight excluding hydrogens is 325 g/mol. The second-order valence-electron chi connectivity index (χ2n) is 6.65. The van der Waals surface area contributed by atoms with E-state index in [1.165, 1.54) is 23.5 Å². The Balaban J connectivity index is 1.49. The smallest absolute Gasteiger partial charge is 0.280 e. The molecule has 3 aliphatic rings. The monoisotopic (exact) mass is 345 g/mol. The van der Waals surface area contributed by atoms with Crippen molar-refractivity contribution in [3.05, 3.63) is 41.3 Å². The third-order valence-corrected chi connectivity index (χ3v) is 6.33. The molecule has 2 atom stereocenters. The van der Waals surface area contributed by atoms with Gasteiger partial charge in [-0.15, -0.1) is 11.3 Å². The average molecular weight is 345 g/mol. The summed E-state index contributed by atoms with van der Waals surface area (Å²) < 4.78 is 13.4. The molecule has 24 heavy (non-hydrogen) atoms. The Hall–Kier alpha value is -1.79. The van der Waals surface area contributed by atoms with Crippen molar-refractivity contribution in [3.63, 3.8) is 0 Å². The van der Waals surface area contributed by atoms with Crippen molar-refractivity contribution < 1.29 is 9.18 Å². The first kappa shape index (κ1) is 15.7. The molecule has 1 amide bonds. The molecule has 6 heteroatoms. The summed E-state index contributed by atoms with van der Waals surface area (Å²) in [7, 11) is 0. The van der Waals surface area contributed by atoms with E-state index in [9.17, 15) is 9.18 Å². The van der Waals surface area contributed by atoms with Gasteiger partial charge in [-0.05, 0) is 56.5 Å². The topological polar surface area (TPSA) is 45.2 Å². The Morgan fingerprint density at radius 3 is 2.88 bits per heavy atom. The maximum atomic E-state index is 13.4. The molecule has 2 bridgehead atoms. The molecule has 3 fully saturated rings. The Morgan fingerprint density at radius 2 is 2.17 bits per heavy atom. The highest BCUT2D eigenvalue weighted by molar-refractivity contribution is 7.16. The van der Waals surface area contributed by atoms with E-state index in [-0.39, 0.29) is 17.8 Å². The number of amides is 1. The van der Waals surface area contributed by atoms with Crippen LogP contribution >= 0.6 is 11.3 Å². The predicted octanol–water partition coefficient (Wildman–Crippen LogP) is 3.16. The van der Waals surface area contributed by atoms with Crippen LogP contribution in [0.25, 0.3) is 10.4 Å². The number of aromatic nitrogens is 1. The van der Waals surface area contributed by atoms with E-state index in [1.54, 1.807) is 12.3 Å². The van der Waals surface area contributed by atoms with Gasteiger partial charge in [0.1, 0.15) is 5.82 Å². The third kappa shape index (κ3) is 2.84. The Kier molecular flexibility index (Phi) is 4.10. The SMILES string of the molecule is C[C@H]1[C@H](NC(=O)c2ncc(-c3cccc(F)c3)s2)C2CCN1CC2. The number of thiazole rings is 1. The summed E-state index contributed by atoms with van der Waals surface area (Å²) in [4.78, 5) is 20.1. The number of benzene rings is 1. The fourth-order valence-corrected chi connectivity index (χ4v) is 4.73. The van der Waals surface area contributed by atoms with E-state index < -0.39 is 0 Å². The minimum Gasteiger partial charge on any atom is -0.345 e. The van der Waals surface area contributed by atoms with Gasteiger partial charge in [0.15, 0.2) is 5.01 Å². The molecule has 5 rings (SSSR count). The number of carbonyl (C=O) groups excluding carboxylic acids is 1. The van der Waals surface area contributed by atoms with Crippen LogP contribution in [0.2, 0.25) is 0 Å². The molecule has 4 nitrogen and oxygen atoms in total. The van der Waals surface area contributed by atoms with E-state index in [0.717, 1.165) is 36.4 Å². The first-order valence-electron chi connectivity index (χ1n) is 8.38. The summed E-state index contributed by atoms with van der Waals surface area (Å²) in [5.41, 5.74) is 0.753. The molecule has 3 aliphatic heterocycles. The van der Waals surface area contributed by atoms with Crippen LogP contribution in [-0.2, 0) is 0 Å². The number of piperidine rings is 3.